The molecule has 140 valence electrons. The quantitative estimate of drug-likeness (QED) is 0.357. The summed E-state index contributed by atoms with van der Waals surface area (Å²) in [6, 6.07) is 16.7. The highest BCUT2D eigenvalue weighted by atomic mass is 16.2. The van der Waals surface area contributed by atoms with Crippen LogP contribution in [-0.2, 0) is 9.59 Å². The summed E-state index contributed by atoms with van der Waals surface area (Å²) in [6.07, 6.45) is 4.20. The number of benzene rings is 2. The van der Waals surface area contributed by atoms with Crippen molar-refractivity contribution in [3.05, 3.63) is 67.3 Å². The van der Waals surface area contributed by atoms with E-state index >= 15 is 0 Å². The topological polar surface area (TPSA) is 82.9 Å². The Hall–Kier alpha value is -3.28. The van der Waals surface area contributed by atoms with Crippen LogP contribution in [0.2, 0.25) is 0 Å². The van der Waals surface area contributed by atoms with Gasteiger partial charge in [0.2, 0.25) is 11.8 Å². The van der Waals surface area contributed by atoms with E-state index < -0.39 is 0 Å². The van der Waals surface area contributed by atoms with Gasteiger partial charge in [-0.2, -0.15) is 10.2 Å². The molecule has 0 radical (unpaired) electrons. The summed E-state index contributed by atoms with van der Waals surface area (Å²) >= 11 is 0. The maximum Gasteiger partial charge on any atom is 0.243 e. The molecule has 6 heteroatoms. The Balaban J connectivity index is 1.68. The van der Waals surface area contributed by atoms with Gasteiger partial charge < -0.3 is 10.6 Å². The smallest absolute Gasteiger partial charge is 0.243 e. The third kappa shape index (κ3) is 8.09. The highest BCUT2D eigenvalue weighted by Gasteiger charge is 2.03. The first kappa shape index (κ1) is 20.0. The number of hydrogen-bond donors (Lipinski definition) is 2. The van der Waals surface area contributed by atoms with E-state index in [0.717, 1.165) is 36.3 Å². The lowest BCUT2D eigenvalue weighted by Gasteiger charge is -2.06. The maximum absolute atomic E-state index is 12.0. The Morgan fingerprint density at radius 3 is 2.22 bits per heavy atom. The molecule has 2 N–H and O–H groups in total. The molecular weight excluding hydrogens is 340 g/mol. The second-order valence-electron chi connectivity index (χ2n) is 5.94. The molecule has 0 bridgehead atoms. The molecule has 0 unspecified atom stereocenters. The Labute approximate surface area is 159 Å². The number of carbonyl (C=O) groups is 2. The van der Waals surface area contributed by atoms with Crippen molar-refractivity contribution in [1.29, 1.82) is 0 Å². The lowest BCUT2D eigenvalue weighted by molar-refractivity contribution is -0.117. The molecule has 2 aromatic rings. The van der Waals surface area contributed by atoms with Gasteiger partial charge in [-0.05, 0) is 55.3 Å². The first-order valence-electron chi connectivity index (χ1n) is 8.94. The van der Waals surface area contributed by atoms with Gasteiger partial charge in [-0.3, -0.25) is 9.59 Å². The van der Waals surface area contributed by atoms with Crippen LogP contribution < -0.4 is 10.6 Å². The summed E-state index contributed by atoms with van der Waals surface area (Å²) in [5.41, 5.74) is 2.24. The highest BCUT2D eigenvalue weighted by Crippen LogP contribution is 2.20. The number of nitrogens with zero attached hydrogens (tertiary/aromatic N) is 2. The number of carbonyl (C=O) groups excluding carboxylic acids is 2. The molecule has 2 rings (SSSR count). The van der Waals surface area contributed by atoms with E-state index in [9.17, 15) is 9.59 Å². The molecule has 0 atom stereocenters. The molecule has 0 saturated carbocycles. The lowest BCUT2D eigenvalue weighted by atomic mass is 10.2. The normalized spacial score (nSPS) is 10.5. The van der Waals surface area contributed by atoms with Gasteiger partial charge in [0.05, 0.1) is 11.4 Å². The number of azo groups is 1. The van der Waals surface area contributed by atoms with E-state index in [1.54, 1.807) is 0 Å². The average Bonchev–Trinajstić information content (AvgIpc) is 2.70. The largest absolute Gasteiger partial charge is 0.353 e. The average molecular weight is 364 g/mol. The van der Waals surface area contributed by atoms with Crippen LogP contribution in [0.1, 0.15) is 25.7 Å². The van der Waals surface area contributed by atoms with E-state index in [1.807, 2.05) is 54.6 Å². The zero-order valence-corrected chi connectivity index (χ0v) is 15.2. The van der Waals surface area contributed by atoms with Gasteiger partial charge in [0.15, 0.2) is 0 Å². The van der Waals surface area contributed by atoms with E-state index in [1.165, 1.54) is 6.08 Å². The fourth-order valence-electron chi connectivity index (χ4n) is 2.32. The van der Waals surface area contributed by atoms with E-state index in [0.29, 0.717) is 13.0 Å². The third-order valence-electron chi connectivity index (χ3n) is 3.75. The summed E-state index contributed by atoms with van der Waals surface area (Å²) in [7, 11) is 0. The predicted molar refractivity (Wildman–Crippen MR) is 107 cm³/mol. The Morgan fingerprint density at radius 2 is 1.56 bits per heavy atom. The van der Waals surface area contributed by atoms with Crippen LogP contribution >= 0.6 is 0 Å². The van der Waals surface area contributed by atoms with Crippen LogP contribution in [0.15, 0.2) is 77.5 Å². The minimum atomic E-state index is -0.167. The van der Waals surface area contributed by atoms with Crippen LogP contribution in [-0.4, -0.2) is 18.4 Å². The molecule has 0 spiro atoms. The molecule has 2 amide bonds. The summed E-state index contributed by atoms with van der Waals surface area (Å²) in [5.74, 6) is -0.191. The maximum atomic E-state index is 12.0. The first-order valence-corrected chi connectivity index (χ1v) is 8.94. The molecule has 6 nitrogen and oxygen atoms in total. The number of nitrogens with one attached hydrogen (secondary N) is 2. The van der Waals surface area contributed by atoms with Gasteiger partial charge in [0.25, 0.3) is 0 Å². The molecule has 0 fully saturated rings. The lowest BCUT2D eigenvalue weighted by Crippen LogP contribution is -2.21. The van der Waals surface area contributed by atoms with Crippen LogP contribution in [0.4, 0.5) is 17.1 Å². The molecule has 27 heavy (non-hydrogen) atoms. The van der Waals surface area contributed by atoms with Crippen molar-refractivity contribution in [2.45, 2.75) is 25.7 Å². The second-order valence-corrected chi connectivity index (χ2v) is 5.94. The predicted octanol–water partition coefficient (Wildman–Crippen LogP) is 4.90. The van der Waals surface area contributed by atoms with Gasteiger partial charge in [-0.25, -0.2) is 0 Å². The minimum Gasteiger partial charge on any atom is -0.353 e. The second kappa shape index (κ2) is 11.4. The van der Waals surface area contributed by atoms with E-state index in [-0.39, 0.29) is 11.8 Å². The standard InChI is InChI=1S/C21H24N4O2/c1-2-20(26)22-16-8-4-7-11-21(27)23-17-12-14-19(15-13-17)25-24-18-9-5-3-6-10-18/h2-3,5-6,9-10,12-15H,1,4,7-8,11,16H2,(H,22,26)(H,23,27). The summed E-state index contributed by atoms with van der Waals surface area (Å²) in [4.78, 5) is 22.9. The van der Waals surface area contributed by atoms with E-state index in [2.05, 4.69) is 27.4 Å². The van der Waals surface area contributed by atoms with Gasteiger partial charge in [-0.1, -0.05) is 31.2 Å². The van der Waals surface area contributed by atoms with Crippen LogP contribution in [0.25, 0.3) is 0 Å². The molecule has 0 heterocycles. The fraction of sp³-hybridized carbons (Fsp3) is 0.238. The molecule has 0 aromatic heterocycles. The fourth-order valence-corrected chi connectivity index (χ4v) is 2.32. The van der Waals surface area contributed by atoms with Gasteiger partial charge in [-0.15, -0.1) is 0 Å². The minimum absolute atomic E-state index is 0.0243. The summed E-state index contributed by atoms with van der Waals surface area (Å²) < 4.78 is 0. The summed E-state index contributed by atoms with van der Waals surface area (Å²) in [5, 5.41) is 13.9. The number of anilines is 1. The van der Waals surface area contributed by atoms with Crippen molar-refractivity contribution in [1.82, 2.24) is 5.32 Å². The first-order chi connectivity index (χ1) is 13.2. The zero-order valence-electron chi connectivity index (χ0n) is 15.2. The Morgan fingerprint density at radius 1 is 0.889 bits per heavy atom. The number of hydrogen-bond acceptors (Lipinski definition) is 4. The van der Waals surface area contributed by atoms with Crippen molar-refractivity contribution in [3.63, 3.8) is 0 Å². The third-order valence-corrected chi connectivity index (χ3v) is 3.75. The van der Waals surface area contributed by atoms with Crippen LogP contribution in [0.5, 0.6) is 0 Å². The van der Waals surface area contributed by atoms with Gasteiger partial charge in [0.1, 0.15) is 0 Å². The van der Waals surface area contributed by atoms with Gasteiger partial charge in [0, 0.05) is 18.7 Å². The number of amides is 2. The van der Waals surface area contributed by atoms with Gasteiger partial charge >= 0.3 is 0 Å². The molecule has 0 aliphatic heterocycles. The molecule has 0 saturated heterocycles. The van der Waals surface area contributed by atoms with Crippen molar-refractivity contribution < 1.29 is 9.59 Å². The van der Waals surface area contributed by atoms with Crippen molar-refractivity contribution >= 4 is 28.9 Å². The number of rotatable bonds is 10. The molecule has 0 aliphatic rings. The highest BCUT2D eigenvalue weighted by molar-refractivity contribution is 5.90. The van der Waals surface area contributed by atoms with E-state index in [4.69, 9.17) is 0 Å². The summed E-state index contributed by atoms with van der Waals surface area (Å²) in [6.45, 7) is 3.99. The van der Waals surface area contributed by atoms with Crippen LogP contribution in [0, 0.1) is 0 Å². The van der Waals surface area contributed by atoms with Crippen molar-refractivity contribution in [2.24, 2.45) is 10.2 Å². The zero-order chi connectivity index (χ0) is 19.3. The van der Waals surface area contributed by atoms with Crippen molar-refractivity contribution in [3.8, 4) is 0 Å². The number of unbranched alkanes of at least 4 members (excludes halogenated alkanes) is 2. The molecule has 0 aliphatic carbocycles. The molecule has 2 aromatic carbocycles. The van der Waals surface area contributed by atoms with Crippen molar-refractivity contribution in [2.75, 3.05) is 11.9 Å². The van der Waals surface area contributed by atoms with Crippen LogP contribution in [0.3, 0.4) is 0 Å². The monoisotopic (exact) mass is 364 g/mol. The SMILES string of the molecule is C=CC(=O)NCCCCCC(=O)Nc1ccc(N=Nc2ccccc2)cc1. The Kier molecular flexibility index (Phi) is 8.43. The molecular formula is C21H24N4O2. The Bertz CT molecular complexity index is 771.